The van der Waals surface area contributed by atoms with Crippen LogP contribution in [0.2, 0.25) is 0 Å². The summed E-state index contributed by atoms with van der Waals surface area (Å²) in [6.45, 7) is 5.74. The Morgan fingerprint density at radius 1 is 1.47 bits per heavy atom. The summed E-state index contributed by atoms with van der Waals surface area (Å²) in [6.07, 6.45) is 3.89. The van der Waals surface area contributed by atoms with Crippen LogP contribution < -0.4 is 5.32 Å². The molecule has 0 saturated heterocycles. The molecular formula is C13H21FN2O. The maximum absolute atomic E-state index is 13.2. The van der Waals surface area contributed by atoms with Gasteiger partial charge < -0.3 is 10.1 Å². The third kappa shape index (κ3) is 4.40. The van der Waals surface area contributed by atoms with E-state index >= 15 is 0 Å². The molecule has 3 nitrogen and oxygen atoms in total. The van der Waals surface area contributed by atoms with Crippen molar-refractivity contribution in [1.82, 2.24) is 10.3 Å². The second kappa shape index (κ2) is 7.35. The van der Waals surface area contributed by atoms with E-state index in [0.717, 1.165) is 18.5 Å². The number of methoxy groups -OCH3 is 1. The van der Waals surface area contributed by atoms with Crippen molar-refractivity contribution < 1.29 is 9.13 Å². The Morgan fingerprint density at radius 3 is 2.82 bits per heavy atom. The average Bonchev–Trinajstić information content (AvgIpc) is 2.33. The monoisotopic (exact) mass is 240 g/mol. The lowest BCUT2D eigenvalue weighted by Crippen LogP contribution is -2.27. The van der Waals surface area contributed by atoms with Gasteiger partial charge >= 0.3 is 0 Å². The molecule has 0 aliphatic carbocycles. The van der Waals surface area contributed by atoms with Crippen molar-refractivity contribution in [2.75, 3.05) is 20.3 Å². The highest BCUT2D eigenvalue weighted by atomic mass is 19.1. The Balaban J connectivity index is 2.77. The second-order valence-electron chi connectivity index (χ2n) is 4.23. The molecule has 2 atom stereocenters. The molecule has 0 saturated carbocycles. The molecule has 0 aromatic carbocycles. The van der Waals surface area contributed by atoms with Crippen LogP contribution in [0.4, 0.5) is 4.39 Å². The number of hydrogen-bond acceptors (Lipinski definition) is 3. The molecular weight excluding hydrogens is 219 g/mol. The number of aromatic nitrogens is 1. The van der Waals surface area contributed by atoms with Gasteiger partial charge in [0.05, 0.1) is 6.20 Å². The van der Waals surface area contributed by atoms with Crippen molar-refractivity contribution >= 4 is 0 Å². The van der Waals surface area contributed by atoms with Gasteiger partial charge in [0.1, 0.15) is 5.82 Å². The van der Waals surface area contributed by atoms with E-state index in [4.69, 9.17) is 4.74 Å². The number of nitrogens with one attached hydrogen (secondary N) is 1. The highest BCUT2D eigenvalue weighted by Crippen LogP contribution is 2.24. The lowest BCUT2D eigenvalue weighted by atomic mass is 9.93. The third-order valence-corrected chi connectivity index (χ3v) is 2.86. The van der Waals surface area contributed by atoms with Crippen LogP contribution in [0.3, 0.4) is 0 Å². The predicted octanol–water partition coefficient (Wildman–Crippen LogP) is 2.54. The molecule has 0 radical (unpaired) electrons. The van der Waals surface area contributed by atoms with Crippen LogP contribution in [0.1, 0.15) is 31.9 Å². The van der Waals surface area contributed by atoms with Crippen molar-refractivity contribution in [2.24, 2.45) is 5.92 Å². The van der Waals surface area contributed by atoms with Gasteiger partial charge in [-0.3, -0.25) is 4.98 Å². The SMILES string of the molecule is CCNC(c1cncc(F)c1)C(C)CCOC. The number of hydrogen-bond donors (Lipinski definition) is 1. The summed E-state index contributed by atoms with van der Waals surface area (Å²) in [5.41, 5.74) is 0.899. The van der Waals surface area contributed by atoms with Gasteiger partial charge in [-0.1, -0.05) is 13.8 Å². The standard InChI is InChI=1S/C13H21FN2O/c1-4-16-13(10(2)5-6-17-3)11-7-12(14)9-15-8-11/h7-10,13,16H,4-6H2,1-3H3. The average molecular weight is 240 g/mol. The lowest BCUT2D eigenvalue weighted by molar-refractivity contribution is 0.170. The smallest absolute Gasteiger partial charge is 0.141 e. The Morgan fingerprint density at radius 2 is 2.24 bits per heavy atom. The summed E-state index contributed by atoms with van der Waals surface area (Å²) in [7, 11) is 1.69. The maximum atomic E-state index is 13.2. The van der Waals surface area contributed by atoms with Crippen molar-refractivity contribution in [1.29, 1.82) is 0 Å². The number of halogens is 1. The number of pyridine rings is 1. The summed E-state index contributed by atoms with van der Waals surface area (Å²) in [5.74, 6) is 0.0860. The summed E-state index contributed by atoms with van der Waals surface area (Å²) in [6, 6.07) is 1.67. The summed E-state index contributed by atoms with van der Waals surface area (Å²) < 4.78 is 18.3. The number of rotatable bonds is 7. The summed E-state index contributed by atoms with van der Waals surface area (Å²) in [5, 5.41) is 3.37. The molecule has 1 aromatic rings. The molecule has 1 aromatic heterocycles. The van der Waals surface area contributed by atoms with Gasteiger partial charge in [0, 0.05) is 26.0 Å². The Bertz CT molecular complexity index is 333. The number of ether oxygens (including phenoxy) is 1. The molecule has 0 aliphatic rings. The molecule has 1 N–H and O–H groups in total. The van der Waals surface area contributed by atoms with E-state index in [1.54, 1.807) is 19.4 Å². The minimum absolute atomic E-state index is 0.123. The van der Waals surface area contributed by atoms with Crippen LogP contribution in [0.25, 0.3) is 0 Å². The Kier molecular flexibility index (Phi) is 6.08. The first-order valence-corrected chi connectivity index (χ1v) is 6.01. The Labute approximate surface area is 102 Å². The highest BCUT2D eigenvalue weighted by molar-refractivity contribution is 5.16. The van der Waals surface area contributed by atoms with E-state index in [1.807, 2.05) is 6.92 Å². The van der Waals surface area contributed by atoms with E-state index in [2.05, 4.69) is 17.2 Å². The fourth-order valence-corrected chi connectivity index (χ4v) is 1.94. The minimum Gasteiger partial charge on any atom is -0.385 e. The Hall–Kier alpha value is -1.00. The van der Waals surface area contributed by atoms with E-state index in [9.17, 15) is 4.39 Å². The first-order valence-electron chi connectivity index (χ1n) is 6.01. The van der Waals surface area contributed by atoms with Gasteiger partial charge in [-0.15, -0.1) is 0 Å². The van der Waals surface area contributed by atoms with Gasteiger partial charge in [-0.25, -0.2) is 4.39 Å². The molecule has 0 bridgehead atoms. The molecule has 0 spiro atoms. The van der Waals surface area contributed by atoms with Crippen molar-refractivity contribution in [3.05, 3.63) is 29.8 Å². The second-order valence-corrected chi connectivity index (χ2v) is 4.23. The quantitative estimate of drug-likeness (QED) is 0.795. The number of nitrogens with zero attached hydrogens (tertiary/aromatic N) is 1. The van der Waals surface area contributed by atoms with Crippen LogP contribution in [0.15, 0.2) is 18.5 Å². The zero-order valence-electron chi connectivity index (χ0n) is 10.7. The molecule has 0 amide bonds. The summed E-state index contributed by atoms with van der Waals surface area (Å²) >= 11 is 0. The fourth-order valence-electron chi connectivity index (χ4n) is 1.94. The van der Waals surface area contributed by atoms with Crippen molar-refractivity contribution in [3.63, 3.8) is 0 Å². The van der Waals surface area contributed by atoms with Gasteiger partial charge in [0.2, 0.25) is 0 Å². The van der Waals surface area contributed by atoms with Gasteiger partial charge in [0.15, 0.2) is 0 Å². The molecule has 2 unspecified atom stereocenters. The lowest BCUT2D eigenvalue weighted by Gasteiger charge is -2.24. The van der Waals surface area contributed by atoms with E-state index in [-0.39, 0.29) is 11.9 Å². The van der Waals surface area contributed by atoms with E-state index in [1.165, 1.54) is 6.20 Å². The fraction of sp³-hybridized carbons (Fsp3) is 0.615. The largest absolute Gasteiger partial charge is 0.385 e. The van der Waals surface area contributed by atoms with Crippen LogP contribution in [-0.2, 0) is 4.74 Å². The molecule has 4 heteroatoms. The minimum atomic E-state index is -0.288. The first kappa shape index (κ1) is 14.1. The molecule has 0 aliphatic heterocycles. The van der Waals surface area contributed by atoms with Gasteiger partial charge in [-0.2, -0.15) is 0 Å². The molecule has 17 heavy (non-hydrogen) atoms. The van der Waals surface area contributed by atoms with Crippen molar-refractivity contribution in [3.8, 4) is 0 Å². The zero-order valence-corrected chi connectivity index (χ0v) is 10.7. The first-order chi connectivity index (χ1) is 8.19. The maximum Gasteiger partial charge on any atom is 0.141 e. The normalized spacial score (nSPS) is 14.6. The van der Waals surface area contributed by atoms with Gasteiger partial charge in [0.25, 0.3) is 0 Å². The highest BCUT2D eigenvalue weighted by Gasteiger charge is 2.18. The van der Waals surface area contributed by atoms with Crippen LogP contribution in [0, 0.1) is 11.7 Å². The van der Waals surface area contributed by atoms with Crippen LogP contribution in [-0.4, -0.2) is 25.2 Å². The van der Waals surface area contributed by atoms with Crippen LogP contribution in [0.5, 0.6) is 0 Å². The third-order valence-electron chi connectivity index (χ3n) is 2.86. The zero-order chi connectivity index (χ0) is 12.7. The van der Waals surface area contributed by atoms with Crippen LogP contribution >= 0.6 is 0 Å². The van der Waals surface area contributed by atoms with E-state index in [0.29, 0.717) is 12.5 Å². The topological polar surface area (TPSA) is 34.2 Å². The predicted molar refractivity (Wildman–Crippen MR) is 66.3 cm³/mol. The van der Waals surface area contributed by atoms with Crippen molar-refractivity contribution in [2.45, 2.75) is 26.3 Å². The van der Waals surface area contributed by atoms with Gasteiger partial charge in [-0.05, 0) is 30.5 Å². The van der Waals surface area contributed by atoms with E-state index < -0.39 is 0 Å². The molecule has 1 heterocycles. The molecule has 0 fully saturated rings. The summed E-state index contributed by atoms with van der Waals surface area (Å²) in [4.78, 5) is 3.90. The molecule has 96 valence electrons. The molecule has 1 rings (SSSR count).